The first-order chi connectivity index (χ1) is 8.43. The number of hydrogen-bond acceptors (Lipinski definition) is 3. The Morgan fingerprint density at radius 1 is 1.44 bits per heavy atom. The molecule has 0 saturated heterocycles. The van der Waals surface area contributed by atoms with E-state index in [1.807, 2.05) is 0 Å². The Morgan fingerprint density at radius 3 is 2.78 bits per heavy atom. The monoisotopic (exact) mass is 275 g/mol. The maximum Gasteiger partial charge on any atom is 0.211 e. The zero-order chi connectivity index (χ0) is 13.6. The third-order valence-corrected chi connectivity index (χ3v) is 3.75. The second-order valence-corrected chi connectivity index (χ2v) is 5.98. The fourth-order valence-electron chi connectivity index (χ4n) is 1.40. The lowest BCUT2D eigenvalue weighted by atomic mass is 10.3. The van der Waals surface area contributed by atoms with Crippen molar-refractivity contribution in [2.75, 3.05) is 12.3 Å². The minimum absolute atomic E-state index is 0.0969. The van der Waals surface area contributed by atoms with Crippen LogP contribution in [0.1, 0.15) is 20.3 Å². The van der Waals surface area contributed by atoms with Gasteiger partial charge in [0.2, 0.25) is 10.0 Å². The van der Waals surface area contributed by atoms with E-state index in [2.05, 4.69) is 4.72 Å². The van der Waals surface area contributed by atoms with Crippen LogP contribution in [0, 0.1) is 5.82 Å². The van der Waals surface area contributed by atoms with E-state index in [1.165, 1.54) is 12.1 Å². The molecule has 0 unspecified atom stereocenters. The normalized spacial score (nSPS) is 13.3. The van der Waals surface area contributed by atoms with Crippen molar-refractivity contribution in [1.29, 1.82) is 0 Å². The number of nitrogens with one attached hydrogen (secondary N) is 1. The molecule has 102 valence electrons. The molecular weight excluding hydrogens is 257 g/mol. The van der Waals surface area contributed by atoms with Crippen molar-refractivity contribution in [3.63, 3.8) is 0 Å². The molecule has 0 aliphatic heterocycles. The number of benzene rings is 1. The highest BCUT2D eigenvalue weighted by atomic mass is 32.2. The molecule has 0 radical (unpaired) electrons. The summed E-state index contributed by atoms with van der Waals surface area (Å²) in [6.45, 7) is 3.68. The van der Waals surface area contributed by atoms with Gasteiger partial charge in [-0.05, 0) is 25.5 Å². The molecule has 0 spiro atoms. The molecule has 1 rings (SSSR count). The third-order valence-electron chi connectivity index (χ3n) is 2.20. The summed E-state index contributed by atoms with van der Waals surface area (Å²) < 4.78 is 43.6. The summed E-state index contributed by atoms with van der Waals surface area (Å²) in [7, 11) is -3.23. The van der Waals surface area contributed by atoms with Crippen molar-refractivity contribution < 1.29 is 17.5 Å². The molecule has 18 heavy (non-hydrogen) atoms. The van der Waals surface area contributed by atoms with Crippen molar-refractivity contribution in [3.05, 3.63) is 30.1 Å². The van der Waals surface area contributed by atoms with Gasteiger partial charge in [0.05, 0.1) is 5.75 Å². The van der Waals surface area contributed by atoms with Gasteiger partial charge in [-0.3, -0.25) is 0 Å². The third kappa shape index (κ3) is 5.46. The van der Waals surface area contributed by atoms with Gasteiger partial charge in [0.25, 0.3) is 0 Å². The number of ether oxygens (including phenoxy) is 1. The Balaban J connectivity index is 2.45. The van der Waals surface area contributed by atoms with Crippen molar-refractivity contribution in [2.45, 2.75) is 26.4 Å². The van der Waals surface area contributed by atoms with Gasteiger partial charge in [0.1, 0.15) is 17.7 Å². The van der Waals surface area contributed by atoms with Crippen LogP contribution >= 0.6 is 0 Å². The minimum Gasteiger partial charge on any atom is -0.489 e. The molecule has 0 saturated carbocycles. The molecule has 1 atom stereocenters. The molecule has 0 fully saturated rings. The summed E-state index contributed by atoms with van der Waals surface area (Å²) in [6.07, 6.45) is 0.201. The smallest absolute Gasteiger partial charge is 0.211 e. The predicted molar refractivity (Wildman–Crippen MR) is 68.6 cm³/mol. The van der Waals surface area contributed by atoms with Gasteiger partial charge in [-0.1, -0.05) is 13.0 Å². The SMILES string of the molecule is CCCS(=O)(=O)NC[C@@H](C)Oc1cccc(F)c1. The molecule has 4 nitrogen and oxygen atoms in total. The van der Waals surface area contributed by atoms with E-state index < -0.39 is 10.0 Å². The van der Waals surface area contributed by atoms with Gasteiger partial charge in [0.15, 0.2) is 0 Å². The summed E-state index contributed by atoms with van der Waals surface area (Å²) in [5.41, 5.74) is 0. The van der Waals surface area contributed by atoms with E-state index in [4.69, 9.17) is 4.74 Å². The summed E-state index contributed by atoms with van der Waals surface area (Å²) in [5, 5.41) is 0. The van der Waals surface area contributed by atoms with Gasteiger partial charge >= 0.3 is 0 Å². The first-order valence-electron chi connectivity index (χ1n) is 5.82. The minimum atomic E-state index is -3.23. The Bertz CT molecular complexity index is 476. The maximum absolute atomic E-state index is 12.9. The van der Waals surface area contributed by atoms with Gasteiger partial charge in [-0.15, -0.1) is 0 Å². The van der Waals surface area contributed by atoms with E-state index >= 15 is 0 Å². The Morgan fingerprint density at radius 2 is 2.17 bits per heavy atom. The Kier molecular flexibility index (Phi) is 5.55. The second kappa shape index (κ2) is 6.70. The van der Waals surface area contributed by atoms with Crippen LogP contribution < -0.4 is 9.46 Å². The van der Waals surface area contributed by atoms with E-state index in [1.54, 1.807) is 26.0 Å². The van der Waals surface area contributed by atoms with Crippen LogP contribution in [-0.4, -0.2) is 26.8 Å². The van der Waals surface area contributed by atoms with Crippen molar-refractivity contribution in [1.82, 2.24) is 4.72 Å². The van der Waals surface area contributed by atoms with E-state index in [9.17, 15) is 12.8 Å². The number of rotatable bonds is 7. The van der Waals surface area contributed by atoms with Crippen molar-refractivity contribution in [2.24, 2.45) is 0 Å². The van der Waals surface area contributed by atoms with Crippen molar-refractivity contribution in [3.8, 4) is 5.75 Å². The zero-order valence-electron chi connectivity index (χ0n) is 10.5. The molecule has 1 aromatic rings. The number of hydrogen-bond donors (Lipinski definition) is 1. The van der Waals surface area contributed by atoms with Crippen LogP contribution in [0.15, 0.2) is 24.3 Å². The van der Waals surface area contributed by atoms with Crippen LogP contribution in [0.4, 0.5) is 4.39 Å². The molecule has 1 aromatic carbocycles. The molecule has 0 amide bonds. The van der Waals surface area contributed by atoms with Crippen LogP contribution in [0.25, 0.3) is 0 Å². The van der Waals surface area contributed by atoms with E-state index in [-0.39, 0.29) is 24.2 Å². The average molecular weight is 275 g/mol. The lowest BCUT2D eigenvalue weighted by Crippen LogP contribution is -2.34. The topological polar surface area (TPSA) is 55.4 Å². The molecule has 0 bridgehead atoms. The first kappa shape index (κ1) is 14.9. The second-order valence-electron chi connectivity index (χ2n) is 4.05. The molecule has 0 aliphatic carbocycles. The molecule has 0 heterocycles. The highest BCUT2D eigenvalue weighted by Gasteiger charge is 2.11. The molecular formula is C12H18FNO3S. The fourth-order valence-corrected chi connectivity index (χ4v) is 2.57. The summed E-state index contributed by atoms with van der Waals surface area (Å²) in [6, 6.07) is 5.75. The number of sulfonamides is 1. The summed E-state index contributed by atoms with van der Waals surface area (Å²) >= 11 is 0. The van der Waals surface area contributed by atoms with Crippen LogP contribution in [0.5, 0.6) is 5.75 Å². The van der Waals surface area contributed by atoms with Crippen LogP contribution in [0.3, 0.4) is 0 Å². The quantitative estimate of drug-likeness (QED) is 0.827. The number of halogens is 1. The molecule has 6 heteroatoms. The Hall–Kier alpha value is -1.14. The molecule has 1 N–H and O–H groups in total. The predicted octanol–water partition coefficient (Wildman–Crippen LogP) is 1.92. The van der Waals surface area contributed by atoms with Gasteiger partial charge in [-0.25, -0.2) is 17.5 Å². The van der Waals surface area contributed by atoms with Gasteiger partial charge < -0.3 is 4.74 Å². The highest BCUT2D eigenvalue weighted by molar-refractivity contribution is 7.89. The lowest BCUT2D eigenvalue weighted by Gasteiger charge is -2.15. The standard InChI is InChI=1S/C12H18FNO3S/c1-3-7-18(15,16)14-9-10(2)17-12-6-4-5-11(13)8-12/h4-6,8,10,14H,3,7,9H2,1-2H3/t10-/m1/s1. The molecule has 0 aliphatic rings. The first-order valence-corrected chi connectivity index (χ1v) is 7.47. The molecule has 0 aromatic heterocycles. The zero-order valence-corrected chi connectivity index (χ0v) is 11.3. The van der Waals surface area contributed by atoms with E-state index in [0.29, 0.717) is 12.2 Å². The maximum atomic E-state index is 12.9. The Labute approximate surface area is 107 Å². The highest BCUT2D eigenvalue weighted by Crippen LogP contribution is 2.13. The van der Waals surface area contributed by atoms with Gasteiger partial charge in [-0.2, -0.15) is 0 Å². The fraction of sp³-hybridized carbons (Fsp3) is 0.500. The van der Waals surface area contributed by atoms with Crippen molar-refractivity contribution >= 4 is 10.0 Å². The van der Waals surface area contributed by atoms with Crippen LogP contribution in [-0.2, 0) is 10.0 Å². The largest absolute Gasteiger partial charge is 0.489 e. The average Bonchev–Trinajstić information content (AvgIpc) is 2.26. The summed E-state index contributed by atoms with van der Waals surface area (Å²) in [4.78, 5) is 0. The lowest BCUT2D eigenvalue weighted by molar-refractivity contribution is 0.224. The summed E-state index contributed by atoms with van der Waals surface area (Å²) in [5.74, 6) is 0.100. The van der Waals surface area contributed by atoms with Gasteiger partial charge in [0, 0.05) is 12.6 Å². The van der Waals surface area contributed by atoms with Crippen LogP contribution in [0.2, 0.25) is 0 Å². The van der Waals surface area contributed by atoms with E-state index in [0.717, 1.165) is 0 Å².